The lowest BCUT2D eigenvalue weighted by molar-refractivity contribution is -0.137. The largest absolute Gasteiger partial charge is 0.416 e. The van der Waals surface area contributed by atoms with Gasteiger partial charge in [0.2, 0.25) is 0 Å². The third-order valence-electron chi connectivity index (χ3n) is 4.69. The lowest BCUT2D eigenvalue weighted by Crippen LogP contribution is -2.39. The minimum absolute atomic E-state index is 0.0447. The number of aromatic nitrogens is 4. The number of halogens is 3. The van der Waals surface area contributed by atoms with E-state index in [9.17, 15) is 22.8 Å². The topological polar surface area (TPSA) is 128 Å². The molecule has 5 N–H and O–H groups in total. The average molecular weight is 437 g/mol. The van der Waals surface area contributed by atoms with Crippen LogP contribution in [-0.2, 0) is 25.8 Å². The van der Waals surface area contributed by atoms with Crippen molar-refractivity contribution >= 4 is 16.9 Å². The van der Waals surface area contributed by atoms with E-state index < -0.39 is 23.0 Å². The molecule has 0 aliphatic rings. The van der Waals surface area contributed by atoms with Gasteiger partial charge in [-0.2, -0.15) is 13.2 Å². The fourth-order valence-corrected chi connectivity index (χ4v) is 3.21. The second kappa shape index (κ2) is 8.30. The zero-order valence-electron chi connectivity index (χ0n) is 16.9. The van der Waals surface area contributed by atoms with Crippen molar-refractivity contribution in [1.29, 1.82) is 0 Å². The van der Waals surface area contributed by atoms with E-state index >= 15 is 0 Å². The molecule has 0 fully saturated rings. The summed E-state index contributed by atoms with van der Waals surface area (Å²) in [5, 5.41) is 1.11. The summed E-state index contributed by atoms with van der Waals surface area (Å²) in [6.07, 6.45) is -3.18. The normalized spacial score (nSPS) is 12.5. The van der Waals surface area contributed by atoms with Crippen LogP contribution in [0.3, 0.4) is 0 Å². The maximum Gasteiger partial charge on any atom is 0.416 e. The highest BCUT2D eigenvalue weighted by atomic mass is 19.4. The average Bonchev–Trinajstić information content (AvgIpc) is 3.14. The molecule has 0 aliphatic heterocycles. The Labute approximate surface area is 174 Å². The van der Waals surface area contributed by atoms with E-state index in [0.717, 1.165) is 21.7 Å². The Morgan fingerprint density at radius 2 is 1.90 bits per heavy atom. The van der Waals surface area contributed by atoms with Crippen LogP contribution in [0.5, 0.6) is 0 Å². The highest BCUT2D eigenvalue weighted by Crippen LogP contribution is 2.29. The number of nitrogens with one attached hydrogen (secondary N) is 1. The number of rotatable bonds is 6. The van der Waals surface area contributed by atoms with Crippen LogP contribution in [0.2, 0.25) is 0 Å². The molecular formula is C19H22F3N7O2. The Bertz CT molecular complexity index is 1250. The first-order valence-electron chi connectivity index (χ1n) is 9.45. The van der Waals surface area contributed by atoms with E-state index in [4.69, 9.17) is 11.6 Å². The maximum atomic E-state index is 12.9. The predicted octanol–water partition coefficient (Wildman–Crippen LogP) is 1.58. The molecule has 0 saturated carbocycles. The molecule has 0 saturated heterocycles. The van der Waals surface area contributed by atoms with Crippen molar-refractivity contribution in [1.82, 2.24) is 24.1 Å². The number of nitrogens with two attached hydrogens (primary N) is 2. The quantitative estimate of drug-likeness (QED) is 0.397. The summed E-state index contributed by atoms with van der Waals surface area (Å²) >= 11 is 0. The van der Waals surface area contributed by atoms with E-state index in [0.29, 0.717) is 12.1 Å². The maximum absolute atomic E-state index is 12.9. The molecule has 0 atom stereocenters. The summed E-state index contributed by atoms with van der Waals surface area (Å²) in [5.41, 5.74) is 4.91. The molecule has 3 rings (SSSR count). The lowest BCUT2D eigenvalue weighted by Gasteiger charge is -2.16. The van der Waals surface area contributed by atoms with Gasteiger partial charge in [-0.15, -0.1) is 0 Å². The third kappa shape index (κ3) is 4.33. The minimum atomic E-state index is -4.46. The molecule has 0 spiro atoms. The summed E-state index contributed by atoms with van der Waals surface area (Å²) in [6.45, 7) is 3.87. The van der Waals surface area contributed by atoms with Gasteiger partial charge in [0.15, 0.2) is 11.5 Å². The molecule has 0 radical (unpaired) electrons. The van der Waals surface area contributed by atoms with E-state index in [1.807, 2.05) is 0 Å². The predicted molar refractivity (Wildman–Crippen MR) is 109 cm³/mol. The van der Waals surface area contributed by atoms with Crippen LogP contribution in [0.4, 0.5) is 13.2 Å². The van der Waals surface area contributed by atoms with Crippen molar-refractivity contribution in [2.75, 3.05) is 0 Å². The summed E-state index contributed by atoms with van der Waals surface area (Å²) < 4.78 is 41.0. The SMILES string of the molecule is CCn1c(=O)c2[nH]c(/C(N)=C/N(N)Cc3cccc(C(F)(F)F)c3)nc2n(CC)c1=O. The fourth-order valence-electron chi connectivity index (χ4n) is 3.21. The summed E-state index contributed by atoms with van der Waals surface area (Å²) in [6, 6.07) is 4.77. The Balaban J connectivity index is 1.94. The van der Waals surface area contributed by atoms with Gasteiger partial charge in [0.25, 0.3) is 5.56 Å². The van der Waals surface area contributed by atoms with Gasteiger partial charge in [-0.1, -0.05) is 12.1 Å². The Hall–Kier alpha value is -3.54. The van der Waals surface area contributed by atoms with Crippen LogP contribution in [0.15, 0.2) is 40.1 Å². The standard InChI is InChI=1S/C19H22F3N7O2/c1-3-28-16-14(17(30)29(4-2)18(28)31)25-15(26-16)13(23)10-27(24)9-11-6-5-7-12(8-11)19(20,21)22/h5-8,10H,3-4,9,23-24H2,1-2H3,(H,25,26)/b13-10-. The zero-order chi connectivity index (χ0) is 22.9. The van der Waals surface area contributed by atoms with Crippen molar-refractivity contribution in [3.8, 4) is 0 Å². The first-order valence-corrected chi connectivity index (χ1v) is 9.45. The van der Waals surface area contributed by atoms with Gasteiger partial charge in [-0.3, -0.25) is 13.9 Å². The summed E-state index contributed by atoms with van der Waals surface area (Å²) in [4.78, 5) is 32.1. The van der Waals surface area contributed by atoms with Gasteiger partial charge >= 0.3 is 11.9 Å². The van der Waals surface area contributed by atoms with Gasteiger partial charge in [-0.25, -0.2) is 15.6 Å². The number of benzene rings is 1. The van der Waals surface area contributed by atoms with E-state index in [2.05, 4.69) is 9.97 Å². The molecular weight excluding hydrogens is 415 g/mol. The fraction of sp³-hybridized carbons (Fsp3) is 0.316. The number of aromatic amines is 1. The molecule has 0 aliphatic carbocycles. The van der Waals surface area contributed by atoms with Crippen molar-refractivity contribution in [3.63, 3.8) is 0 Å². The van der Waals surface area contributed by atoms with Crippen LogP contribution < -0.4 is 22.8 Å². The van der Waals surface area contributed by atoms with Crippen molar-refractivity contribution < 1.29 is 13.2 Å². The number of H-pyrrole nitrogens is 1. The summed E-state index contributed by atoms with van der Waals surface area (Å²) in [5.74, 6) is 6.00. The number of hydrogen-bond acceptors (Lipinski definition) is 6. The molecule has 2 heterocycles. The molecule has 31 heavy (non-hydrogen) atoms. The lowest BCUT2D eigenvalue weighted by atomic mass is 10.1. The van der Waals surface area contributed by atoms with E-state index in [1.54, 1.807) is 13.8 Å². The van der Waals surface area contributed by atoms with Crippen LogP contribution in [0, 0.1) is 0 Å². The first kappa shape index (κ1) is 22.2. The number of hydrogen-bond donors (Lipinski definition) is 3. The molecule has 0 unspecified atom stereocenters. The van der Waals surface area contributed by atoms with Crippen LogP contribution in [0.1, 0.15) is 30.8 Å². The van der Waals surface area contributed by atoms with Crippen LogP contribution in [0.25, 0.3) is 16.9 Å². The van der Waals surface area contributed by atoms with E-state index in [-0.39, 0.29) is 35.8 Å². The smallest absolute Gasteiger partial charge is 0.394 e. The van der Waals surface area contributed by atoms with Crippen molar-refractivity contribution in [2.24, 2.45) is 11.6 Å². The first-order chi connectivity index (χ1) is 14.6. The Morgan fingerprint density at radius 3 is 2.52 bits per heavy atom. The van der Waals surface area contributed by atoms with Crippen LogP contribution >= 0.6 is 0 Å². The Morgan fingerprint density at radius 1 is 1.23 bits per heavy atom. The van der Waals surface area contributed by atoms with Crippen molar-refractivity contribution in [3.05, 3.63) is 68.3 Å². The summed E-state index contributed by atoms with van der Waals surface area (Å²) in [7, 11) is 0. The zero-order valence-corrected chi connectivity index (χ0v) is 16.9. The van der Waals surface area contributed by atoms with Gasteiger partial charge in [0.1, 0.15) is 5.52 Å². The molecule has 1 aromatic carbocycles. The molecule has 0 bridgehead atoms. The molecule has 2 aromatic heterocycles. The monoisotopic (exact) mass is 437 g/mol. The number of nitrogens with zero attached hydrogens (tertiary/aromatic N) is 4. The number of alkyl halides is 3. The van der Waals surface area contributed by atoms with Gasteiger partial charge in [-0.05, 0) is 31.5 Å². The number of hydrazine groups is 1. The third-order valence-corrected chi connectivity index (χ3v) is 4.69. The van der Waals surface area contributed by atoms with Crippen molar-refractivity contribution in [2.45, 2.75) is 39.7 Å². The van der Waals surface area contributed by atoms with E-state index in [1.165, 1.54) is 22.9 Å². The van der Waals surface area contributed by atoms with Gasteiger partial charge < -0.3 is 15.7 Å². The Kier molecular flexibility index (Phi) is 5.93. The minimum Gasteiger partial charge on any atom is -0.394 e. The molecule has 12 heteroatoms. The number of fused-ring (bicyclic) bond motifs is 1. The highest BCUT2D eigenvalue weighted by molar-refractivity contribution is 5.74. The number of imidazole rings is 1. The number of aryl methyl sites for hydroxylation is 1. The highest BCUT2D eigenvalue weighted by Gasteiger charge is 2.30. The molecule has 3 aromatic rings. The van der Waals surface area contributed by atoms with Crippen LogP contribution in [-0.4, -0.2) is 24.1 Å². The second-order valence-corrected chi connectivity index (χ2v) is 6.82. The van der Waals surface area contributed by atoms with Gasteiger partial charge in [0.05, 0.1) is 17.8 Å². The molecule has 0 amide bonds. The molecule has 166 valence electrons. The second-order valence-electron chi connectivity index (χ2n) is 6.82. The van der Waals surface area contributed by atoms with Gasteiger partial charge in [0, 0.05) is 19.3 Å². The molecule has 9 nitrogen and oxygen atoms in total.